The number of fused-ring (bicyclic) bond motifs is 1. The number of hydrogen-bond donors (Lipinski definition) is 1. The van der Waals surface area contributed by atoms with Gasteiger partial charge in [-0.2, -0.15) is 0 Å². The van der Waals surface area contributed by atoms with Crippen molar-refractivity contribution < 1.29 is 32.2 Å². The average Bonchev–Trinajstić information content (AvgIpc) is 2.90. The van der Waals surface area contributed by atoms with Gasteiger partial charge in [-0.25, -0.2) is 17.6 Å². The average molecular weight is 529 g/mol. The number of carbonyl (C=O) groups is 1. The first-order valence-corrected chi connectivity index (χ1v) is 12.3. The Kier molecular flexibility index (Phi) is 8.22. The van der Waals surface area contributed by atoms with Gasteiger partial charge in [0.15, 0.2) is 17.5 Å². The predicted molar refractivity (Wildman–Crippen MR) is 135 cm³/mol. The van der Waals surface area contributed by atoms with Gasteiger partial charge < -0.3 is 9.84 Å². The van der Waals surface area contributed by atoms with Crippen molar-refractivity contribution in [2.45, 2.75) is 38.8 Å². The Hall–Kier alpha value is -3.64. The van der Waals surface area contributed by atoms with Gasteiger partial charge in [0.2, 0.25) is 0 Å². The Balaban J connectivity index is 1.41. The van der Waals surface area contributed by atoms with Crippen LogP contribution >= 0.6 is 0 Å². The number of methoxy groups -OCH3 is 1. The van der Waals surface area contributed by atoms with Crippen molar-refractivity contribution in [3.63, 3.8) is 0 Å². The standard InChI is InChI=1S/C29H28F4N2O3/c1-18-17-34-25-6-5-20(38-2)16-21(25)26(18)22(30)7-8-29(28(36)37)9-12-35(13-10-29)11-3-4-19-14-23(31)27(33)24(32)15-19/h5-6,14-17,22H,7-13H2,1-2H3,(H,36,37). The molecule has 1 fully saturated rings. The molecule has 2 heterocycles. The zero-order valence-electron chi connectivity index (χ0n) is 21.2. The molecule has 38 heavy (non-hydrogen) atoms. The van der Waals surface area contributed by atoms with Crippen molar-refractivity contribution in [1.82, 2.24) is 9.88 Å². The van der Waals surface area contributed by atoms with Crippen LogP contribution in [0.3, 0.4) is 0 Å². The van der Waals surface area contributed by atoms with E-state index < -0.39 is 35.0 Å². The highest BCUT2D eigenvalue weighted by molar-refractivity contribution is 5.85. The second-order valence-corrected chi connectivity index (χ2v) is 9.66. The minimum atomic E-state index is -1.54. The molecule has 1 unspecified atom stereocenters. The smallest absolute Gasteiger partial charge is 0.309 e. The first-order valence-electron chi connectivity index (χ1n) is 12.3. The van der Waals surface area contributed by atoms with Crippen LogP contribution in [0.4, 0.5) is 17.6 Å². The van der Waals surface area contributed by atoms with Crippen molar-refractivity contribution in [2.24, 2.45) is 5.41 Å². The van der Waals surface area contributed by atoms with Gasteiger partial charge in [-0.3, -0.25) is 14.7 Å². The molecule has 1 aromatic heterocycles. The summed E-state index contributed by atoms with van der Waals surface area (Å²) < 4.78 is 60.8. The Morgan fingerprint density at radius 1 is 1.18 bits per heavy atom. The third kappa shape index (κ3) is 5.76. The third-order valence-corrected chi connectivity index (χ3v) is 7.29. The molecule has 1 saturated heterocycles. The number of aliphatic carboxylic acids is 1. The molecule has 9 heteroatoms. The highest BCUT2D eigenvalue weighted by Crippen LogP contribution is 2.41. The van der Waals surface area contributed by atoms with Gasteiger partial charge in [-0.05, 0) is 74.1 Å². The number of rotatable bonds is 7. The number of pyridine rings is 1. The summed E-state index contributed by atoms with van der Waals surface area (Å²) in [6.07, 6.45) is 1.11. The molecule has 1 atom stereocenters. The van der Waals surface area contributed by atoms with Crippen molar-refractivity contribution in [3.8, 4) is 17.6 Å². The molecule has 3 aromatic rings. The number of carboxylic acids is 1. The zero-order valence-corrected chi connectivity index (χ0v) is 21.2. The lowest BCUT2D eigenvalue weighted by molar-refractivity contribution is -0.152. The van der Waals surface area contributed by atoms with Crippen LogP contribution in [-0.2, 0) is 4.79 Å². The van der Waals surface area contributed by atoms with Crippen LogP contribution in [0.25, 0.3) is 10.9 Å². The summed E-state index contributed by atoms with van der Waals surface area (Å²) in [7, 11) is 1.54. The van der Waals surface area contributed by atoms with E-state index in [2.05, 4.69) is 16.8 Å². The highest BCUT2D eigenvalue weighted by atomic mass is 19.2. The minimum Gasteiger partial charge on any atom is -0.497 e. The Morgan fingerprint density at radius 2 is 1.87 bits per heavy atom. The number of aromatic nitrogens is 1. The summed E-state index contributed by atoms with van der Waals surface area (Å²) in [6.45, 7) is 2.90. The molecule has 200 valence electrons. The van der Waals surface area contributed by atoms with Crippen molar-refractivity contribution in [2.75, 3.05) is 26.7 Å². The molecule has 5 nitrogen and oxygen atoms in total. The van der Waals surface area contributed by atoms with Gasteiger partial charge in [0.1, 0.15) is 11.9 Å². The third-order valence-electron chi connectivity index (χ3n) is 7.29. The fraction of sp³-hybridized carbons (Fsp3) is 0.379. The quantitative estimate of drug-likeness (QED) is 0.232. The summed E-state index contributed by atoms with van der Waals surface area (Å²) in [5.74, 6) is 0.895. The van der Waals surface area contributed by atoms with E-state index in [0.29, 0.717) is 53.7 Å². The van der Waals surface area contributed by atoms with Gasteiger partial charge in [0.25, 0.3) is 0 Å². The molecule has 0 spiro atoms. The Labute approximate surface area is 218 Å². The molecule has 1 aliphatic rings. The van der Waals surface area contributed by atoms with Crippen LogP contribution in [0.2, 0.25) is 0 Å². The van der Waals surface area contributed by atoms with Crippen LogP contribution in [0, 0.1) is 41.6 Å². The maximum Gasteiger partial charge on any atom is 0.309 e. The molecular formula is C29H28F4N2O3. The minimum absolute atomic E-state index is 0.0174. The summed E-state index contributed by atoms with van der Waals surface area (Å²) in [6, 6.07) is 6.93. The van der Waals surface area contributed by atoms with Crippen LogP contribution in [0.1, 0.15) is 48.5 Å². The van der Waals surface area contributed by atoms with E-state index in [9.17, 15) is 23.1 Å². The van der Waals surface area contributed by atoms with Gasteiger partial charge >= 0.3 is 5.97 Å². The molecule has 0 amide bonds. The number of ether oxygens (including phenoxy) is 1. The molecule has 2 aromatic carbocycles. The van der Waals surface area contributed by atoms with E-state index in [0.717, 1.165) is 12.1 Å². The van der Waals surface area contributed by atoms with Crippen LogP contribution < -0.4 is 4.74 Å². The largest absolute Gasteiger partial charge is 0.497 e. The molecule has 4 rings (SSSR count). The van der Waals surface area contributed by atoms with Crippen LogP contribution in [-0.4, -0.2) is 47.7 Å². The Morgan fingerprint density at radius 3 is 2.50 bits per heavy atom. The van der Waals surface area contributed by atoms with E-state index in [-0.39, 0.29) is 24.9 Å². The van der Waals surface area contributed by atoms with Crippen molar-refractivity contribution in [3.05, 3.63) is 70.7 Å². The van der Waals surface area contributed by atoms with E-state index in [1.54, 1.807) is 31.3 Å². The van der Waals surface area contributed by atoms with E-state index in [1.807, 2.05) is 4.90 Å². The number of nitrogens with zero attached hydrogens (tertiary/aromatic N) is 2. The normalized spacial score (nSPS) is 16.1. The number of aryl methyl sites for hydroxylation is 1. The van der Waals surface area contributed by atoms with E-state index in [4.69, 9.17) is 4.74 Å². The monoisotopic (exact) mass is 528 g/mol. The number of likely N-dealkylation sites (tertiary alicyclic amines) is 1. The number of piperidine rings is 1. The number of halogens is 4. The maximum atomic E-state index is 15.7. The number of hydrogen-bond acceptors (Lipinski definition) is 4. The maximum absolute atomic E-state index is 15.7. The van der Waals surface area contributed by atoms with E-state index >= 15 is 4.39 Å². The summed E-state index contributed by atoms with van der Waals surface area (Å²) in [4.78, 5) is 18.6. The second-order valence-electron chi connectivity index (χ2n) is 9.66. The molecular weight excluding hydrogens is 500 g/mol. The molecule has 1 aliphatic heterocycles. The number of carboxylic acid groups (broad SMARTS) is 1. The van der Waals surface area contributed by atoms with Gasteiger partial charge in [-0.15, -0.1) is 0 Å². The summed E-state index contributed by atoms with van der Waals surface area (Å²) in [5, 5.41) is 10.7. The lowest BCUT2D eigenvalue weighted by Gasteiger charge is -2.38. The van der Waals surface area contributed by atoms with Gasteiger partial charge in [0, 0.05) is 30.2 Å². The van der Waals surface area contributed by atoms with Crippen LogP contribution in [0.15, 0.2) is 36.5 Å². The molecule has 0 aliphatic carbocycles. The van der Waals surface area contributed by atoms with Crippen molar-refractivity contribution in [1.29, 1.82) is 0 Å². The van der Waals surface area contributed by atoms with Gasteiger partial charge in [0.05, 0.1) is 24.6 Å². The molecule has 0 saturated carbocycles. The lowest BCUT2D eigenvalue weighted by atomic mass is 9.74. The van der Waals surface area contributed by atoms with Crippen molar-refractivity contribution >= 4 is 16.9 Å². The van der Waals surface area contributed by atoms with E-state index in [1.165, 1.54) is 7.11 Å². The summed E-state index contributed by atoms with van der Waals surface area (Å²) in [5.41, 5.74) is 0.783. The lowest BCUT2D eigenvalue weighted by Crippen LogP contribution is -2.44. The first kappa shape index (κ1) is 27.4. The zero-order chi connectivity index (χ0) is 27.4. The second kappa shape index (κ2) is 11.4. The fourth-order valence-corrected chi connectivity index (χ4v) is 4.97. The van der Waals surface area contributed by atoms with Gasteiger partial charge in [-0.1, -0.05) is 11.8 Å². The molecule has 0 bridgehead atoms. The number of alkyl halides is 1. The molecule has 1 N–H and O–H groups in total. The highest BCUT2D eigenvalue weighted by Gasteiger charge is 2.41. The topological polar surface area (TPSA) is 62.7 Å². The number of benzene rings is 2. The van der Waals surface area contributed by atoms with Crippen LogP contribution in [0.5, 0.6) is 5.75 Å². The predicted octanol–water partition coefficient (Wildman–Crippen LogP) is 5.98. The fourth-order valence-electron chi connectivity index (χ4n) is 4.97. The molecule has 0 radical (unpaired) electrons. The first-order chi connectivity index (χ1) is 18.1. The Bertz CT molecular complexity index is 1390. The summed E-state index contributed by atoms with van der Waals surface area (Å²) >= 11 is 0. The SMILES string of the molecule is COc1ccc2ncc(C)c(C(F)CCC3(C(=O)O)CCN(CC#Cc4cc(F)c(F)c(F)c4)CC3)c2c1.